The van der Waals surface area contributed by atoms with E-state index in [1.807, 2.05) is 0 Å². The minimum atomic E-state index is 0.622. The first-order valence-corrected chi connectivity index (χ1v) is 19.6. The van der Waals surface area contributed by atoms with E-state index in [4.69, 9.17) is 15.0 Å². The lowest BCUT2D eigenvalue weighted by Gasteiger charge is -2.12. The first-order chi connectivity index (χ1) is 28.7. The van der Waals surface area contributed by atoms with Gasteiger partial charge in [-0.3, -0.25) is 0 Å². The minimum absolute atomic E-state index is 0.622. The molecule has 9 aromatic carbocycles. The summed E-state index contributed by atoms with van der Waals surface area (Å²) < 4.78 is 4.69. The molecule has 0 saturated carbocycles. The van der Waals surface area contributed by atoms with Crippen molar-refractivity contribution in [3.8, 4) is 45.5 Å². The quantitative estimate of drug-likeness (QED) is 0.177. The third-order valence-corrected chi connectivity index (χ3v) is 11.5. The molecule has 3 aromatic heterocycles. The predicted molar refractivity (Wildman–Crippen MR) is 240 cm³/mol. The van der Waals surface area contributed by atoms with Crippen molar-refractivity contribution in [1.82, 2.24) is 24.1 Å². The van der Waals surface area contributed by atoms with Gasteiger partial charge in [0, 0.05) is 49.6 Å². The zero-order chi connectivity index (χ0) is 38.2. The number of nitrogens with zero attached hydrogens (tertiary/aromatic N) is 5. The highest BCUT2D eigenvalue weighted by molar-refractivity contribution is 6.14. The van der Waals surface area contributed by atoms with E-state index in [0.29, 0.717) is 17.5 Å². The Kier molecular flexibility index (Phi) is 7.16. The van der Waals surface area contributed by atoms with Gasteiger partial charge in [0.25, 0.3) is 0 Å². The fourth-order valence-electron chi connectivity index (χ4n) is 8.75. The van der Waals surface area contributed by atoms with Crippen molar-refractivity contribution in [3.05, 3.63) is 200 Å². The van der Waals surface area contributed by atoms with Crippen LogP contribution in [0, 0.1) is 0 Å². The molecule has 58 heavy (non-hydrogen) atoms. The molecule has 5 heteroatoms. The van der Waals surface area contributed by atoms with Gasteiger partial charge in [-0.1, -0.05) is 127 Å². The molecular weight excluding hydrogens is 707 g/mol. The van der Waals surface area contributed by atoms with Gasteiger partial charge in [0.05, 0.1) is 22.1 Å². The SMILES string of the molecule is c1ccc(-n2c3ccccc3c3ccc(-c4nc(-c5ccc(-n6c7ccccc7c7cc8ccccc8cc76)cc5)nc(-c5ccc6ccccc6c5)n4)cc32)cc1. The number of benzene rings is 9. The van der Waals surface area contributed by atoms with Crippen molar-refractivity contribution >= 4 is 65.2 Å². The molecular formula is C53H33N5. The van der Waals surface area contributed by atoms with Gasteiger partial charge < -0.3 is 9.13 Å². The lowest BCUT2D eigenvalue weighted by atomic mass is 10.1. The highest BCUT2D eigenvalue weighted by Crippen LogP contribution is 2.37. The summed E-state index contributed by atoms with van der Waals surface area (Å²) in [5.74, 6) is 1.88. The fraction of sp³-hybridized carbons (Fsp3) is 0. The van der Waals surface area contributed by atoms with Crippen LogP contribution >= 0.6 is 0 Å². The standard InChI is InChI=1S/C53H33N5/c1-2-16-41(17-3-1)57-47-20-10-8-18-43(47)45-29-26-40(33-49(45)57)53-55-51(54-52(56-53)39-23-22-34-12-4-5-13-36(34)30-39)35-24-27-42(28-25-35)58-48-21-11-9-19-44(48)46-31-37-14-6-7-15-38(37)32-50(46)58/h1-33H. The Labute approximate surface area is 333 Å². The maximum absolute atomic E-state index is 5.21. The predicted octanol–water partition coefficient (Wildman–Crippen LogP) is 13.4. The van der Waals surface area contributed by atoms with Gasteiger partial charge in [-0.2, -0.15) is 0 Å². The van der Waals surface area contributed by atoms with Gasteiger partial charge in [-0.05, 0) is 94.3 Å². The van der Waals surface area contributed by atoms with Crippen LogP contribution in [0.3, 0.4) is 0 Å². The summed E-state index contributed by atoms with van der Waals surface area (Å²) in [7, 11) is 0. The van der Waals surface area contributed by atoms with E-state index in [9.17, 15) is 0 Å². The van der Waals surface area contributed by atoms with Crippen LogP contribution in [-0.4, -0.2) is 24.1 Å². The molecule has 12 rings (SSSR count). The first-order valence-electron chi connectivity index (χ1n) is 19.6. The van der Waals surface area contributed by atoms with Gasteiger partial charge in [-0.15, -0.1) is 0 Å². The Balaban J connectivity index is 1.04. The Bertz CT molecular complexity index is 3560. The second-order valence-electron chi connectivity index (χ2n) is 14.9. The molecule has 0 bridgehead atoms. The largest absolute Gasteiger partial charge is 0.309 e. The molecule has 0 aliphatic heterocycles. The Morgan fingerprint density at radius 3 is 1.40 bits per heavy atom. The molecule has 12 aromatic rings. The molecule has 3 heterocycles. The number of para-hydroxylation sites is 3. The maximum atomic E-state index is 5.21. The van der Waals surface area contributed by atoms with E-state index in [1.165, 1.54) is 48.7 Å². The maximum Gasteiger partial charge on any atom is 0.164 e. The normalized spacial score (nSPS) is 11.8. The number of hydrogen-bond donors (Lipinski definition) is 0. The third kappa shape index (κ3) is 5.14. The van der Waals surface area contributed by atoms with Crippen molar-refractivity contribution in [1.29, 1.82) is 0 Å². The number of rotatable bonds is 5. The van der Waals surface area contributed by atoms with E-state index in [1.54, 1.807) is 0 Å². The average molecular weight is 740 g/mol. The molecule has 0 amide bonds. The summed E-state index contributed by atoms with van der Waals surface area (Å²) in [4.78, 5) is 15.6. The molecule has 0 fully saturated rings. The summed E-state index contributed by atoms with van der Waals surface area (Å²) >= 11 is 0. The van der Waals surface area contributed by atoms with Gasteiger partial charge in [0.2, 0.25) is 0 Å². The van der Waals surface area contributed by atoms with Crippen LogP contribution in [0.5, 0.6) is 0 Å². The second kappa shape index (κ2) is 12.8. The Hall–Kier alpha value is -7.89. The molecule has 5 nitrogen and oxygen atoms in total. The molecule has 0 N–H and O–H groups in total. The van der Waals surface area contributed by atoms with Crippen LogP contribution in [0.15, 0.2) is 200 Å². The lowest BCUT2D eigenvalue weighted by molar-refractivity contribution is 1.07. The molecule has 0 atom stereocenters. The molecule has 0 saturated heterocycles. The number of hydrogen-bond acceptors (Lipinski definition) is 3. The van der Waals surface area contributed by atoms with E-state index in [-0.39, 0.29) is 0 Å². The van der Waals surface area contributed by atoms with E-state index >= 15 is 0 Å². The lowest BCUT2D eigenvalue weighted by Crippen LogP contribution is -2.01. The highest BCUT2D eigenvalue weighted by Gasteiger charge is 2.18. The second-order valence-corrected chi connectivity index (χ2v) is 14.9. The van der Waals surface area contributed by atoms with Crippen LogP contribution in [0.2, 0.25) is 0 Å². The van der Waals surface area contributed by atoms with Crippen molar-refractivity contribution < 1.29 is 0 Å². The zero-order valence-electron chi connectivity index (χ0n) is 31.3. The third-order valence-electron chi connectivity index (χ3n) is 11.5. The van der Waals surface area contributed by atoms with Crippen LogP contribution in [-0.2, 0) is 0 Å². The summed E-state index contributed by atoms with van der Waals surface area (Å²) in [6.45, 7) is 0. The van der Waals surface area contributed by atoms with Crippen LogP contribution < -0.4 is 0 Å². The average Bonchev–Trinajstić information content (AvgIpc) is 3.80. The monoisotopic (exact) mass is 739 g/mol. The molecule has 0 spiro atoms. The first kappa shape index (κ1) is 32.4. The Morgan fingerprint density at radius 2 is 0.707 bits per heavy atom. The van der Waals surface area contributed by atoms with Crippen molar-refractivity contribution in [2.45, 2.75) is 0 Å². The summed E-state index contributed by atoms with van der Waals surface area (Å²) in [5, 5.41) is 9.63. The van der Waals surface area contributed by atoms with Crippen molar-refractivity contribution in [3.63, 3.8) is 0 Å². The van der Waals surface area contributed by atoms with Gasteiger partial charge in [0.15, 0.2) is 17.5 Å². The zero-order valence-corrected chi connectivity index (χ0v) is 31.3. The molecule has 270 valence electrons. The van der Waals surface area contributed by atoms with Gasteiger partial charge in [0.1, 0.15) is 0 Å². The molecule has 0 aliphatic carbocycles. The van der Waals surface area contributed by atoms with E-state index in [2.05, 4.69) is 209 Å². The molecule has 0 unspecified atom stereocenters. The van der Waals surface area contributed by atoms with E-state index in [0.717, 1.165) is 44.5 Å². The van der Waals surface area contributed by atoms with Gasteiger partial charge in [-0.25, -0.2) is 15.0 Å². The number of aromatic nitrogens is 5. The van der Waals surface area contributed by atoms with Crippen molar-refractivity contribution in [2.24, 2.45) is 0 Å². The summed E-state index contributed by atoms with van der Waals surface area (Å²) in [6, 6.07) is 71.0. The van der Waals surface area contributed by atoms with Crippen LogP contribution in [0.25, 0.3) is 111 Å². The smallest absolute Gasteiger partial charge is 0.164 e. The van der Waals surface area contributed by atoms with Gasteiger partial charge >= 0.3 is 0 Å². The summed E-state index contributed by atoms with van der Waals surface area (Å²) in [6.07, 6.45) is 0. The van der Waals surface area contributed by atoms with Crippen LogP contribution in [0.4, 0.5) is 0 Å². The highest BCUT2D eigenvalue weighted by atomic mass is 15.0. The van der Waals surface area contributed by atoms with E-state index < -0.39 is 0 Å². The Morgan fingerprint density at radius 1 is 0.259 bits per heavy atom. The minimum Gasteiger partial charge on any atom is -0.309 e. The van der Waals surface area contributed by atoms with Crippen molar-refractivity contribution in [2.75, 3.05) is 0 Å². The summed E-state index contributed by atoms with van der Waals surface area (Å²) in [5.41, 5.74) is 9.57. The topological polar surface area (TPSA) is 48.5 Å². The van der Waals surface area contributed by atoms with Crippen LogP contribution in [0.1, 0.15) is 0 Å². The molecule has 0 aliphatic rings. The fourth-order valence-corrected chi connectivity index (χ4v) is 8.75. The number of fused-ring (bicyclic) bond motifs is 8. The molecule has 0 radical (unpaired) electrons.